The predicted molar refractivity (Wildman–Crippen MR) is 184 cm³/mol. The van der Waals surface area contributed by atoms with E-state index < -0.39 is 58.3 Å². The number of rotatable bonds is 12. The van der Waals surface area contributed by atoms with E-state index in [0.29, 0.717) is 6.42 Å². The average molecular weight is 732 g/mol. The summed E-state index contributed by atoms with van der Waals surface area (Å²) >= 11 is 12.3. The fraction of sp³-hybridized carbons (Fsp3) is 0.389. The molecule has 4 rings (SSSR count). The van der Waals surface area contributed by atoms with Crippen LogP contribution in [0.4, 0.5) is 14.5 Å². The number of hydrogen-bond acceptors (Lipinski definition) is 9. The third-order valence-electron chi connectivity index (χ3n) is 8.33. The van der Waals surface area contributed by atoms with E-state index in [1.54, 1.807) is 7.05 Å². The number of amides is 1. The number of halogens is 4. The minimum atomic E-state index is -1.81. The van der Waals surface area contributed by atoms with Crippen molar-refractivity contribution < 1.29 is 37.4 Å². The monoisotopic (exact) mass is 730 g/mol. The first kappa shape index (κ1) is 38.5. The van der Waals surface area contributed by atoms with Gasteiger partial charge < -0.3 is 30.2 Å². The van der Waals surface area contributed by atoms with E-state index in [-0.39, 0.29) is 57.9 Å². The highest BCUT2D eigenvalue weighted by molar-refractivity contribution is 6.31. The number of carbonyl (C=O) groups excluding carboxylic acids is 3. The second kappa shape index (κ2) is 16.2. The maximum Gasteiger partial charge on any atom is 0.338 e. The molecule has 1 amide bonds. The van der Waals surface area contributed by atoms with Crippen LogP contribution in [-0.4, -0.2) is 63.8 Å². The minimum absolute atomic E-state index is 0.0102. The van der Waals surface area contributed by atoms with Crippen molar-refractivity contribution in [1.82, 2.24) is 10.6 Å². The van der Waals surface area contributed by atoms with E-state index in [9.17, 15) is 19.6 Å². The topological polar surface area (TPSA) is 139 Å². The van der Waals surface area contributed by atoms with Gasteiger partial charge in [0.25, 0.3) is 0 Å². The van der Waals surface area contributed by atoms with E-state index in [1.807, 2.05) is 20.8 Å². The SMILES string of the molecule is CNCC(=O)OCCOC(=O)c1ccc(NC(=O)C2NC(CC(C)(C)C)C(C#N)(c3ccc(Cl)cc3F)C2c2cccc(Cl)c2F)c(OC)c1. The number of benzene rings is 3. The number of carbonyl (C=O) groups is 3. The Hall–Kier alpha value is -4.28. The molecule has 0 saturated carbocycles. The van der Waals surface area contributed by atoms with Crippen molar-refractivity contribution >= 4 is 46.7 Å². The Morgan fingerprint density at radius 2 is 1.76 bits per heavy atom. The minimum Gasteiger partial charge on any atom is -0.495 e. The van der Waals surface area contributed by atoms with Gasteiger partial charge in [0, 0.05) is 22.5 Å². The first-order chi connectivity index (χ1) is 23.7. The zero-order chi connectivity index (χ0) is 36.8. The molecule has 3 N–H and O–H groups in total. The summed E-state index contributed by atoms with van der Waals surface area (Å²) in [7, 11) is 2.93. The number of ether oxygens (including phenoxy) is 3. The molecule has 0 spiro atoms. The summed E-state index contributed by atoms with van der Waals surface area (Å²) in [5, 5.41) is 19.6. The molecule has 3 aromatic carbocycles. The van der Waals surface area contributed by atoms with Crippen LogP contribution in [-0.2, 0) is 24.5 Å². The largest absolute Gasteiger partial charge is 0.495 e. The van der Waals surface area contributed by atoms with Crippen LogP contribution in [0.1, 0.15) is 54.6 Å². The van der Waals surface area contributed by atoms with Crippen molar-refractivity contribution in [2.45, 2.75) is 50.6 Å². The molecule has 4 atom stereocenters. The molecule has 1 aliphatic rings. The number of hydrogen-bond donors (Lipinski definition) is 3. The van der Waals surface area contributed by atoms with Gasteiger partial charge in [-0.05, 0) is 60.8 Å². The van der Waals surface area contributed by atoms with Crippen LogP contribution >= 0.6 is 23.2 Å². The van der Waals surface area contributed by atoms with Gasteiger partial charge in [0.15, 0.2) is 0 Å². The van der Waals surface area contributed by atoms with Gasteiger partial charge in [0.1, 0.15) is 36.0 Å². The summed E-state index contributed by atoms with van der Waals surface area (Å²) in [6.07, 6.45) is 0.292. The van der Waals surface area contributed by atoms with Gasteiger partial charge in [0.05, 0.1) is 42.0 Å². The summed E-state index contributed by atoms with van der Waals surface area (Å²) in [6, 6.07) is 12.5. The molecule has 3 aromatic rings. The van der Waals surface area contributed by atoms with Crippen LogP contribution < -0.4 is 20.7 Å². The number of nitriles is 1. The number of esters is 2. The Morgan fingerprint density at radius 1 is 1.04 bits per heavy atom. The lowest BCUT2D eigenvalue weighted by molar-refractivity contribution is -0.143. The molecule has 1 fully saturated rings. The van der Waals surface area contributed by atoms with E-state index in [1.165, 1.54) is 55.6 Å². The number of likely N-dealkylation sites (N-methyl/N-ethyl adjacent to an activating group) is 1. The van der Waals surface area contributed by atoms with Crippen LogP contribution in [0, 0.1) is 28.4 Å². The Bertz CT molecular complexity index is 1800. The number of methoxy groups -OCH3 is 1. The maximum atomic E-state index is 16.0. The van der Waals surface area contributed by atoms with Crippen molar-refractivity contribution in [2.75, 3.05) is 39.2 Å². The van der Waals surface area contributed by atoms with Crippen LogP contribution in [0.3, 0.4) is 0 Å². The molecular formula is C36H38Cl2F2N4O6. The third kappa shape index (κ3) is 8.36. The summed E-state index contributed by atoms with van der Waals surface area (Å²) in [5.74, 6) is -4.73. The Morgan fingerprint density at radius 3 is 2.40 bits per heavy atom. The number of anilines is 1. The Balaban J connectivity index is 1.73. The summed E-state index contributed by atoms with van der Waals surface area (Å²) in [6.45, 7) is 5.49. The standard InChI is InChI=1S/C36H38Cl2F2N4O6/c1-35(2,3)17-28-36(19-41,23-11-10-21(37)16-25(23)39)30(22-7-6-8-24(38)31(22)40)32(44-28)33(46)43-26-12-9-20(15-27(26)48-5)34(47)50-14-13-49-29(45)18-42-4/h6-12,15-16,28,30,32,42,44H,13-14,17-18H2,1-5H3,(H,43,46). The molecule has 0 bridgehead atoms. The van der Waals surface area contributed by atoms with Crippen LogP contribution in [0.15, 0.2) is 54.6 Å². The number of nitrogens with zero attached hydrogens (tertiary/aromatic N) is 1. The lowest BCUT2D eigenvalue weighted by atomic mass is 9.62. The molecule has 14 heteroatoms. The molecular weight excluding hydrogens is 693 g/mol. The fourth-order valence-corrected chi connectivity index (χ4v) is 6.60. The van der Waals surface area contributed by atoms with E-state index in [2.05, 4.69) is 22.0 Å². The van der Waals surface area contributed by atoms with Crippen molar-refractivity contribution in [2.24, 2.45) is 5.41 Å². The number of nitrogens with one attached hydrogen (secondary N) is 3. The molecule has 1 heterocycles. The molecule has 0 radical (unpaired) electrons. The van der Waals surface area contributed by atoms with Crippen LogP contribution in [0.5, 0.6) is 5.75 Å². The second-order valence-electron chi connectivity index (χ2n) is 13.0. The molecule has 1 aliphatic heterocycles. The van der Waals surface area contributed by atoms with Gasteiger partial charge in [-0.3, -0.25) is 9.59 Å². The highest BCUT2D eigenvalue weighted by Gasteiger charge is 2.61. The average Bonchev–Trinajstić information content (AvgIpc) is 3.37. The molecule has 266 valence electrons. The van der Waals surface area contributed by atoms with Gasteiger partial charge in [-0.2, -0.15) is 5.26 Å². The van der Waals surface area contributed by atoms with E-state index in [0.717, 1.165) is 6.07 Å². The highest BCUT2D eigenvalue weighted by Crippen LogP contribution is 2.53. The molecule has 0 aliphatic carbocycles. The Kier molecular flexibility index (Phi) is 12.5. The van der Waals surface area contributed by atoms with Gasteiger partial charge in [-0.15, -0.1) is 0 Å². The molecule has 50 heavy (non-hydrogen) atoms. The van der Waals surface area contributed by atoms with Crippen molar-refractivity contribution in [3.63, 3.8) is 0 Å². The van der Waals surface area contributed by atoms with Crippen molar-refractivity contribution in [3.05, 3.63) is 93.0 Å². The lowest BCUT2D eigenvalue weighted by Gasteiger charge is -2.37. The van der Waals surface area contributed by atoms with Gasteiger partial charge in [-0.25, -0.2) is 13.6 Å². The fourth-order valence-electron chi connectivity index (χ4n) is 6.26. The third-order valence-corrected chi connectivity index (χ3v) is 8.85. The second-order valence-corrected chi connectivity index (χ2v) is 13.8. The zero-order valence-corrected chi connectivity index (χ0v) is 29.7. The highest BCUT2D eigenvalue weighted by atomic mass is 35.5. The van der Waals surface area contributed by atoms with Gasteiger partial charge in [-0.1, -0.05) is 62.2 Å². The molecule has 4 unspecified atom stereocenters. The zero-order valence-electron chi connectivity index (χ0n) is 28.2. The summed E-state index contributed by atoms with van der Waals surface area (Å²) in [5.41, 5.74) is -2.10. The molecule has 10 nitrogen and oxygen atoms in total. The first-order valence-electron chi connectivity index (χ1n) is 15.7. The van der Waals surface area contributed by atoms with Crippen molar-refractivity contribution in [3.8, 4) is 11.8 Å². The van der Waals surface area contributed by atoms with E-state index >= 15 is 8.78 Å². The van der Waals surface area contributed by atoms with Crippen LogP contribution in [0.25, 0.3) is 0 Å². The quantitative estimate of drug-likeness (QED) is 0.148. The molecule has 0 aromatic heterocycles. The first-order valence-corrected chi connectivity index (χ1v) is 16.5. The normalized spacial score (nSPS) is 20.1. The predicted octanol–water partition coefficient (Wildman–Crippen LogP) is 6.16. The maximum absolute atomic E-state index is 16.0. The lowest BCUT2D eigenvalue weighted by Crippen LogP contribution is -2.45. The van der Waals surface area contributed by atoms with Gasteiger partial charge in [0.2, 0.25) is 5.91 Å². The smallest absolute Gasteiger partial charge is 0.338 e. The Labute approximate surface area is 299 Å². The summed E-state index contributed by atoms with van der Waals surface area (Å²) < 4.78 is 47.4. The molecule has 1 saturated heterocycles. The van der Waals surface area contributed by atoms with E-state index in [4.69, 9.17) is 37.4 Å². The van der Waals surface area contributed by atoms with Crippen LogP contribution in [0.2, 0.25) is 10.0 Å². The van der Waals surface area contributed by atoms with Crippen molar-refractivity contribution in [1.29, 1.82) is 5.26 Å². The van der Waals surface area contributed by atoms with Gasteiger partial charge >= 0.3 is 11.9 Å². The summed E-state index contributed by atoms with van der Waals surface area (Å²) in [4.78, 5) is 38.5.